The molecule has 25 heavy (non-hydrogen) atoms. The average Bonchev–Trinajstić information content (AvgIpc) is 3.08. The van der Waals surface area contributed by atoms with Crippen molar-refractivity contribution in [2.24, 2.45) is 17.6 Å². The number of nitrogens with two attached hydrogens (primary N) is 1. The molecule has 7 heteroatoms. The maximum Gasteiger partial charge on any atom is 0.274 e. The number of rotatable bonds is 3. The zero-order valence-electron chi connectivity index (χ0n) is 13.6. The highest BCUT2D eigenvalue weighted by atomic mass is 32.1. The van der Waals surface area contributed by atoms with Crippen LogP contribution in [-0.2, 0) is 4.79 Å². The first kappa shape index (κ1) is 15.8. The van der Waals surface area contributed by atoms with E-state index >= 15 is 0 Å². The van der Waals surface area contributed by atoms with Crippen molar-refractivity contribution in [1.82, 2.24) is 9.88 Å². The Balaban J connectivity index is 1.73. The molecule has 6 nitrogen and oxygen atoms in total. The van der Waals surface area contributed by atoms with Gasteiger partial charge >= 0.3 is 0 Å². The first-order chi connectivity index (χ1) is 12.0. The van der Waals surface area contributed by atoms with Crippen LogP contribution in [0.25, 0.3) is 10.4 Å². The van der Waals surface area contributed by atoms with Gasteiger partial charge in [-0.25, -0.2) is 4.98 Å². The molecule has 4 rings (SSSR count). The van der Waals surface area contributed by atoms with E-state index in [1.807, 2.05) is 13.0 Å². The minimum absolute atomic E-state index is 0.201. The van der Waals surface area contributed by atoms with Crippen molar-refractivity contribution in [2.75, 3.05) is 6.54 Å². The van der Waals surface area contributed by atoms with Gasteiger partial charge in [-0.15, -0.1) is 11.3 Å². The topological polar surface area (TPSA) is 100 Å². The summed E-state index contributed by atoms with van der Waals surface area (Å²) in [4.78, 5) is 31.6. The van der Waals surface area contributed by atoms with Crippen LogP contribution < -0.4 is 5.73 Å². The second kappa shape index (κ2) is 5.67. The molecule has 2 fully saturated rings. The summed E-state index contributed by atoms with van der Waals surface area (Å²) in [6.07, 6.45) is 0.963. The highest BCUT2D eigenvalue weighted by molar-refractivity contribution is 7.15. The molecular weight excluding hydrogens is 336 g/mol. The number of hydrogen-bond donors (Lipinski definition) is 1. The van der Waals surface area contributed by atoms with E-state index in [9.17, 15) is 9.59 Å². The molecule has 0 radical (unpaired) electrons. The van der Waals surface area contributed by atoms with Gasteiger partial charge in [0.1, 0.15) is 11.7 Å². The van der Waals surface area contributed by atoms with Crippen LogP contribution in [0.1, 0.15) is 27.5 Å². The summed E-state index contributed by atoms with van der Waals surface area (Å²) in [6.45, 7) is 2.40. The summed E-state index contributed by atoms with van der Waals surface area (Å²) in [5.41, 5.74) is 7.18. The summed E-state index contributed by atoms with van der Waals surface area (Å²) in [5.74, 6) is -0.117. The Bertz CT molecular complexity index is 929. The number of hydrogen-bond acceptors (Lipinski definition) is 5. The van der Waals surface area contributed by atoms with E-state index in [0.29, 0.717) is 23.7 Å². The van der Waals surface area contributed by atoms with Gasteiger partial charge < -0.3 is 10.6 Å². The fourth-order valence-electron chi connectivity index (χ4n) is 3.67. The molecule has 0 unspecified atom stereocenters. The number of carbonyl (C=O) groups excluding carboxylic acids is 2. The summed E-state index contributed by atoms with van der Waals surface area (Å²) in [7, 11) is 0. The van der Waals surface area contributed by atoms with Gasteiger partial charge in [0, 0.05) is 6.54 Å². The van der Waals surface area contributed by atoms with Gasteiger partial charge in [0.2, 0.25) is 5.91 Å². The van der Waals surface area contributed by atoms with Gasteiger partial charge in [0.05, 0.1) is 21.5 Å². The summed E-state index contributed by atoms with van der Waals surface area (Å²) in [6, 6.07) is 8.69. The van der Waals surface area contributed by atoms with E-state index in [0.717, 1.165) is 21.9 Å². The van der Waals surface area contributed by atoms with Crippen molar-refractivity contribution in [1.29, 1.82) is 5.26 Å². The largest absolute Gasteiger partial charge is 0.368 e. The zero-order valence-corrected chi connectivity index (χ0v) is 14.4. The Morgan fingerprint density at radius 3 is 2.96 bits per heavy atom. The summed E-state index contributed by atoms with van der Waals surface area (Å²) >= 11 is 1.41. The predicted octanol–water partition coefficient (Wildman–Crippen LogP) is 1.94. The molecule has 2 heterocycles. The fraction of sp³-hybridized carbons (Fsp3) is 0.333. The van der Waals surface area contributed by atoms with E-state index in [1.165, 1.54) is 11.3 Å². The van der Waals surface area contributed by atoms with E-state index in [2.05, 4.69) is 11.1 Å². The molecule has 2 aliphatic rings. The molecule has 1 aromatic heterocycles. The number of nitrogens with zero attached hydrogens (tertiary/aromatic N) is 3. The van der Waals surface area contributed by atoms with E-state index < -0.39 is 11.9 Å². The van der Waals surface area contributed by atoms with Crippen LogP contribution in [0.4, 0.5) is 0 Å². The molecule has 2 aromatic rings. The Morgan fingerprint density at radius 1 is 1.44 bits per heavy atom. The number of fused-ring (bicyclic) bond motifs is 1. The molecular formula is C18H16N4O2S. The minimum Gasteiger partial charge on any atom is -0.368 e. The second-order valence-corrected chi connectivity index (χ2v) is 7.77. The van der Waals surface area contributed by atoms with Crippen LogP contribution in [-0.4, -0.2) is 34.3 Å². The van der Waals surface area contributed by atoms with Gasteiger partial charge in [-0.3, -0.25) is 9.59 Å². The van der Waals surface area contributed by atoms with E-state index in [4.69, 9.17) is 11.0 Å². The second-order valence-electron chi connectivity index (χ2n) is 6.57. The van der Waals surface area contributed by atoms with Gasteiger partial charge in [-0.1, -0.05) is 12.1 Å². The lowest BCUT2D eigenvalue weighted by Crippen LogP contribution is -2.46. The van der Waals surface area contributed by atoms with E-state index in [1.54, 1.807) is 23.1 Å². The highest BCUT2D eigenvalue weighted by Gasteiger charge is 2.56. The van der Waals surface area contributed by atoms with Crippen molar-refractivity contribution in [2.45, 2.75) is 19.4 Å². The average molecular weight is 352 g/mol. The fourth-order valence-corrected chi connectivity index (χ4v) is 4.58. The Morgan fingerprint density at radius 2 is 2.24 bits per heavy atom. The van der Waals surface area contributed by atoms with Gasteiger partial charge in [-0.05, 0) is 42.9 Å². The van der Waals surface area contributed by atoms with Crippen LogP contribution >= 0.6 is 11.3 Å². The third-order valence-corrected chi connectivity index (χ3v) is 5.91. The van der Waals surface area contributed by atoms with Crippen molar-refractivity contribution < 1.29 is 9.59 Å². The monoisotopic (exact) mass is 352 g/mol. The number of aryl methyl sites for hydroxylation is 1. The third kappa shape index (κ3) is 2.59. The summed E-state index contributed by atoms with van der Waals surface area (Å²) < 4.78 is 0. The van der Waals surface area contributed by atoms with Crippen molar-refractivity contribution in [3.8, 4) is 16.5 Å². The molecule has 1 saturated heterocycles. The highest BCUT2D eigenvalue weighted by Crippen LogP contribution is 2.50. The number of benzene rings is 1. The zero-order chi connectivity index (χ0) is 17.7. The molecule has 2 amide bonds. The number of carbonyl (C=O) groups is 2. The maximum atomic E-state index is 13.1. The molecule has 3 atom stereocenters. The number of piperidine rings is 1. The van der Waals surface area contributed by atoms with Gasteiger partial charge in [-0.2, -0.15) is 5.26 Å². The number of amides is 2. The van der Waals surface area contributed by atoms with Crippen LogP contribution in [0.15, 0.2) is 24.3 Å². The van der Waals surface area contributed by atoms with E-state index in [-0.39, 0.29) is 11.8 Å². The first-order valence-electron chi connectivity index (χ1n) is 8.08. The van der Waals surface area contributed by atoms with Crippen LogP contribution in [0.2, 0.25) is 0 Å². The lowest BCUT2D eigenvalue weighted by Gasteiger charge is -2.24. The van der Waals surface area contributed by atoms with Crippen molar-refractivity contribution >= 4 is 23.2 Å². The first-order valence-corrected chi connectivity index (χ1v) is 8.89. The number of likely N-dealkylation sites (tertiary alicyclic amines) is 1. The normalized spacial score (nSPS) is 23.8. The number of nitriles is 1. The molecule has 1 aliphatic carbocycles. The molecule has 126 valence electrons. The third-order valence-electron chi connectivity index (χ3n) is 4.89. The molecule has 1 aliphatic heterocycles. The Labute approximate surface area is 148 Å². The van der Waals surface area contributed by atoms with Crippen molar-refractivity contribution in [3.05, 3.63) is 40.5 Å². The summed E-state index contributed by atoms with van der Waals surface area (Å²) in [5, 5.41) is 9.87. The van der Waals surface area contributed by atoms with Crippen LogP contribution in [0.5, 0.6) is 0 Å². The smallest absolute Gasteiger partial charge is 0.274 e. The minimum atomic E-state index is -0.530. The standard InChI is InChI=1S/C18H16N4O2S/c1-9-21-14(16(25-9)11-4-2-3-10(5-11)7-19)18(24)22-8-12-6-13(12)15(22)17(20)23/h2-5,12-13,15H,6,8H2,1H3,(H2,20,23)/t12-,13-,15+/m1/s1. The number of thiazole rings is 1. The van der Waals surface area contributed by atoms with Gasteiger partial charge in [0.15, 0.2) is 0 Å². The number of primary amides is 1. The molecule has 0 spiro atoms. The Kier molecular flexibility index (Phi) is 3.58. The predicted molar refractivity (Wildman–Crippen MR) is 92.6 cm³/mol. The maximum absolute atomic E-state index is 13.1. The SMILES string of the molecule is Cc1nc(C(=O)N2C[C@H]3C[C@H]3[C@H]2C(N)=O)c(-c2cccc(C#N)c2)s1. The lowest BCUT2D eigenvalue weighted by atomic mass is 10.1. The van der Waals surface area contributed by atoms with Crippen molar-refractivity contribution in [3.63, 3.8) is 0 Å². The lowest BCUT2D eigenvalue weighted by molar-refractivity contribution is -0.122. The van der Waals surface area contributed by atoms with Crippen LogP contribution in [0.3, 0.4) is 0 Å². The molecule has 0 bridgehead atoms. The van der Waals surface area contributed by atoms with Gasteiger partial charge in [0.25, 0.3) is 5.91 Å². The quantitative estimate of drug-likeness (QED) is 0.912. The Hall–Kier alpha value is -2.72. The molecule has 2 N–H and O–H groups in total. The number of aromatic nitrogens is 1. The van der Waals surface area contributed by atoms with Crippen LogP contribution in [0, 0.1) is 30.1 Å². The molecule has 1 saturated carbocycles. The molecule has 1 aromatic carbocycles.